The number of carbonyl (C=O) groups excluding carboxylic acids is 2. The molecule has 0 fully saturated rings. The minimum Gasteiger partial charge on any atom is -0.393 e. The molecule has 0 radical (unpaired) electrons. The Morgan fingerprint density at radius 2 is 1.41 bits per heavy atom. The third kappa shape index (κ3) is 11.4. The molecule has 0 spiro atoms. The number of nitrogens with two attached hydrogens (primary N) is 1. The van der Waals surface area contributed by atoms with E-state index in [0.717, 1.165) is 44.9 Å². The van der Waals surface area contributed by atoms with Crippen molar-refractivity contribution >= 4 is 11.9 Å². The van der Waals surface area contributed by atoms with Gasteiger partial charge in [-0.25, -0.2) is 0 Å². The minimum atomic E-state index is -0.390. The van der Waals surface area contributed by atoms with Crippen LogP contribution >= 0.6 is 0 Å². The van der Waals surface area contributed by atoms with Crippen molar-refractivity contribution in [2.75, 3.05) is 6.54 Å². The Bertz CT molecular complexity index is 217. The zero-order valence-electron chi connectivity index (χ0n) is 10.9. The van der Waals surface area contributed by atoms with Crippen LogP contribution in [0.25, 0.3) is 0 Å². The van der Waals surface area contributed by atoms with Gasteiger partial charge in [0.05, 0.1) is 0 Å². The van der Waals surface area contributed by atoms with Gasteiger partial charge in [0.25, 0.3) is 0 Å². The Kier molecular flexibility index (Phi) is 11.0. The van der Waals surface area contributed by atoms with Gasteiger partial charge in [-0.3, -0.25) is 9.59 Å². The van der Waals surface area contributed by atoms with E-state index in [-0.39, 0.29) is 11.9 Å². The van der Waals surface area contributed by atoms with Crippen LogP contribution in [0.15, 0.2) is 0 Å². The van der Waals surface area contributed by atoms with E-state index in [1.807, 2.05) is 0 Å². The molecule has 0 saturated carbocycles. The second-order valence-electron chi connectivity index (χ2n) is 4.26. The number of carbonyl (C=O) groups is 2. The lowest BCUT2D eigenvalue weighted by molar-refractivity contribution is -0.159. The van der Waals surface area contributed by atoms with Gasteiger partial charge in [-0.1, -0.05) is 32.6 Å². The summed E-state index contributed by atoms with van der Waals surface area (Å²) in [6, 6.07) is 0. The molecule has 0 rings (SSSR count). The average molecular weight is 243 g/mol. The van der Waals surface area contributed by atoms with Gasteiger partial charge in [0.1, 0.15) is 0 Å². The van der Waals surface area contributed by atoms with E-state index in [4.69, 9.17) is 10.5 Å². The fourth-order valence-corrected chi connectivity index (χ4v) is 1.52. The molecule has 0 saturated heterocycles. The molecule has 0 amide bonds. The predicted molar refractivity (Wildman–Crippen MR) is 67.4 cm³/mol. The van der Waals surface area contributed by atoms with Crippen LogP contribution in [-0.2, 0) is 14.3 Å². The van der Waals surface area contributed by atoms with Crippen molar-refractivity contribution in [1.29, 1.82) is 0 Å². The van der Waals surface area contributed by atoms with Gasteiger partial charge < -0.3 is 10.5 Å². The summed E-state index contributed by atoms with van der Waals surface area (Å²) in [5.74, 6) is -0.773. The van der Waals surface area contributed by atoms with Crippen molar-refractivity contribution in [2.45, 2.75) is 64.7 Å². The van der Waals surface area contributed by atoms with Gasteiger partial charge in [-0.05, 0) is 25.8 Å². The summed E-state index contributed by atoms with van der Waals surface area (Å²) < 4.78 is 4.70. The van der Waals surface area contributed by atoms with Crippen LogP contribution in [0.4, 0.5) is 0 Å². The summed E-state index contributed by atoms with van der Waals surface area (Å²) in [5, 5.41) is 0. The largest absolute Gasteiger partial charge is 0.393 e. The standard InChI is InChI=1S/C13H25NO3/c1-2-3-6-9-12(15)17-13(16)10-7-4-5-8-11-14/h2-11,14H2,1H3. The summed E-state index contributed by atoms with van der Waals surface area (Å²) in [4.78, 5) is 22.5. The van der Waals surface area contributed by atoms with Gasteiger partial charge in [-0.15, -0.1) is 0 Å². The molecule has 0 aliphatic carbocycles. The summed E-state index contributed by atoms with van der Waals surface area (Å²) in [7, 11) is 0. The van der Waals surface area contributed by atoms with Crippen LogP contribution in [-0.4, -0.2) is 18.5 Å². The van der Waals surface area contributed by atoms with Gasteiger partial charge in [0.2, 0.25) is 0 Å². The van der Waals surface area contributed by atoms with E-state index in [1.54, 1.807) is 0 Å². The molecule has 100 valence electrons. The number of ether oxygens (including phenoxy) is 1. The van der Waals surface area contributed by atoms with E-state index in [9.17, 15) is 9.59 Å². The zero-order valence-corrected chi connectivity index (χ0v) is 10.9. The fraction of sp³-hybridized carbons (Fsp3) is 0.846. The molecule has 0 aromatic rings. The molecule has 4 nitrogen and oxygen atoms in total. The molecular formula is C13H25NO3. The summed E-state index contributed by atoms with van der Waals surface area (Å²) >= 11 is 0. The quantitative estimate of drug-likeness (QED) is 0.363. The monoisotopic (exact) mass is 243 g/mol. The number of hydrogen-bond acceptors (Lipinski definition) is 4. The Hall–Kier alpha value is -0.900. The first-order valence-corrected chi connectivity index (χ1v) is 6.64. The number of rotatable bonds is 10. The number of hydrogen-bond donors (Lipinski definition) is 1. The van der Waals surface area contributed by atoms with E-state index in [2.05, 4.69) is 6.92 Å². The SMILES string of the molecule is CCCCCC(=O)OC(=O)CCCCCCN. The number of esters is 2. The van der Waals surface area contributed by atoms with E-state index in [1.165, 1.54) is 0 Å². The van der Waals surface area contributed by atoms with Crippen LogP contribution in [0.5, 0.6) is 0 Å². The fourth-order valence-electron chi connectivity index (χ4n) is 1.52. The maximum absolute atomic E-state index is 11.3. The second-order valence-corrected chi connectivity index (χ2v) is 4.26. The van der Waals surface area contributed by atoms with Crippen molar-refractivity contribution in [1.82, 2.24) is 0 Å². The first-order chi connectivity index (χ1) is 8.20. The highest BCUT2D eigenvalue weighted by Crippen LogP contribution is 2.05. The third-order valence-corrected chi connectivity index (χ3v) is 2.55. The second kappa shape index (κ2) is 11.6. The summed E-state index contributed by atoms with van der Waals surface area (Å²) in [6.07, 6.45) is 7.33. The summed E-state index contributed by atoms with van der Waals surface area (Å²) in [5.41, 5.74) is 5.36. The van der Waals surface area contributed by atoms with Crippen molar-refractivity contribution in [3.05, 3.63) is 0 Å². The maximum atomic E-state index is 11.3. The van der Waals surface area contributed by atoms with Gasteiger partial charge in [0.15, 0.2) is 0 Å². The third-order valence-electron chi connectivity index (χ3n) is 2.55. The Labute approximate surface area is 104 Å². The normalized spacial score (nSPS) is 10.2. The smallest absolute Gasteiger partial charge is 0.313 e. The molecule has 4 heteroatoms. The average Bonchev–Trinajstić information content (AvgIpc) is 2.29. The van der Waals surface area contributed by atoms with E-state index >= 15 is 0 Å². The van der Waals surface area contributed by atoms with Crippen molar-refractivity contribution < 1.29 is 14.3 Å². The molecular weight excluding hydrogens is 218 g/mol. The highest BCUT2D eigenvalue weighted by Gasteiger charge is 2.09. The molecule has 0 aromatic heterocycles. The zero-order chi connectivity index (χ0) is 12.9. The highest BCUT2D eigenvalue weighted by atomic mass is 16.6. The van der Waals surface area contributed by atoms with E-state index < -0.39 is 0 Å². The van der Waals surface area contributed by atoms with Crippen LogP contribution < -0.4 is 5.73 Å². The first kappa shape index (κ1) is 16.1. The first-order valence-electron chi connectivity index (χ1n) is 6.64. The van der Waals surface area contributed by atoms with Gasteiger partial charge >= 0.3 is 11.9 Å². The molecule has 17 heavy (non-hydrogen) atoms. The lowest BCUT2D eigenvalue weighted by Gasteiger charge is -2.02. The molecule has 0 aromatic carbocycles. The lowest BCUT2D eigenvalue weighted by Crippen LogP contribution is -2.11. The van der Waals surface area contributed by atoms with Crippen LogP contribution in [0, 0.1) is 0 Å². The molecule has 2 N–H and O–H groups in total. The van der Waals surface area contributed by atoms with Crippen LogP contribution in [0.3, 0.4) is 0 Å². The van der Waals surface area contributed by atoms with Crippen LogP contribution in [0.1, 0.15) is 64.7 Å². The minimum absolute atomic E-state index is 0.337. The Morgan fingerprint density at radius 3 is 1.94 bits per heavy atom. The molecule has 0 bridgehead atoms. The Balaban J connectivity index is 3.41. The molecule has 0 atom stereocenters. The molecule has 0 unspecified atom stereocenters. The summed E-state index contributed by atoms with van der Waals surface area (Å²) in [6.45, 7) is 2.76. The number of unbranched alkanes of at least 4 members (excludes halogenated alkanes) is 5. The molecule has 0 aliphatic heterocycles. The lowest BCUT2D eigenvalue weighted by atomic mass is 10.1. The topological polar surface area (TPSA) is 69.4 Å². The van der Waals surface area contributed by atoms with Crippen molar-refractivity contribution in [3.63, 3.8) is 0 Å². The van der Waals surface area contributed by atoms with Crippen LogP contribution in [0.2, 0.25) is 0 Å². The molecule has 0 aliphatic rings. The predicted octanol–water partition coefficient (Wildman–Crippen LogP) is 2.55. The Morgan fingerprint density at radius 1 is 0.882 bits per heavy atom. The maximum Gasteiger partial charge on any atom is 0.313 e. The van der Waals surface area contributed by atoms with Gasteiger partial charge in [0, 0.05) is 12.8 Å². The van der Waals surface area contributed by atoms with Crippen molar-refractivity contribution in [2.24, 2.45) is 5.73 Å². The highest BCUT2D eigenvalue weighted by molar-refractivity contribution is 5.85. The molecule has 0 heterocycles. The van der Waals surface area contributed by atoms with Crippen molar-refractivity contribution in [3.8, 4) is 0 Å². The van der Waals surface area contributed by atoms with E-state index in [0.29, 0.717) is 19.4 Å². The van der Waals surface area contributed by atoms with Gasteiger partial charge in [-0.2, -0.15) is 0 Å².